The quantitative estimate of drug-likeness (QED) is 0.0745. The molecule has 0 aliphatic carbocycles. The van der Waals surface area contributed by atoms with Crippen molar-refractivity contribution in [1.29, 1.82) is 10.5 Å². The van der Waals surface area contributed by atoms with E-state index < -0.39 is 0 Å². The summed E-state index contributed by atoms with van der Waals surface area (Å²) in [4.78, 5) is 26.3. The first-order chi connectivity index (χ1) is 24.1. The zero-order valence-electron chi connectivity index (χ0n) is 28.9. The summed E-state index contributed by atoms with van der Waals surface area (Å²) in [6, 6.07) is 0. The van der Waals surface area contributed by atoms with Crippen molar-refractivity contribution in [2.75, 3.05) is 0 Å². The van der Waals surface area contributed by atoms with Crippen molar-refractivity contribution >= 4 is 70.6 Å². The fourth-order valence-electron chi connectivity index (χ4n) is 3.27. The molecule has 0 aliphatic heterocycles. The normalized spacial score (nSPS) is 9.96. The smallest absolute Gasteiger partial charge is 0.812 e. The average molecular weight is 918 g/mol. The average Bonchev–Trinajstić information content (AvgIpc) is 3.95. The van der Waals surface area contributed by atoms with E-state index in [1.54, 1.807) is 108 Å². The molecule has 0 spiro atoms. The second kappa shape index (κ2) is 25.2. The second-order valence-electron chi connectivity index (χ2n) is 9.22. The summed E-state index contributed by atoms with van der Waals surface area (Å²) in [5.41, 5.74) is 0. The third-order valence-electron chi connectivity index (χ3n) is 5.71. The molecule has 0 bridgehead atoms. The minimum Gasteiger partial charge on any atom is -0.812 e. The summed E-state index contributed by atoms with van der Waals surface area (Å²) in [6.45, 7) is 0. The van der Waals surface area contributed by atoms with Crippen LogP contribution in [-0.2, 0) is 81.2 Å². The van der Waals surface area contributed by atoms with Crippen LogP contribution in [0.25, 0.3) is 0 Å². The molecule has 0 saturated heterocycles. The van der Waals surface area contributed by atoms with E-state index in [0.29, 0.717) is 12.5 Å². The predicted molar refractivity (Wildman–Crippen MR) is 192 cm³/mol. The Morgan fingerprint density at radius 3 is 0.654 bits per heavy atom. The molecule has 6 heterocycles. The van der Waals surface area contributed by atoms with Crippen molar-refractivity contribution in [3.63, 3.8) is 0 Å². The number of hydrogen-bond acceptors (Lipinski definition) is 16. The molecule has 0 aromatic carbocycles. The predicted octanol–water partition coefficient (Wildman–Crippen LogP) is 3.67. The molecule has 0 saturated carbocycles. The molecule has 6 rings (SSSR count). The van der Waals surface area contributed by atoms with E-state index in [2.05, 4.69) is 29.9 Å². The minimum absolute atomic E-state index is 0. The zero-order chi connectivity index (χ0) is 36.5. The molecule has 0 radical (unpaired) electrons. The molecule has 0 atom stereocenters. The fraction of sp³-hybridized carbons (Fsp3) is 0.214. The maximum absolute atomic E-state index is 8.24. The summed E-state index contributed by atoms with van der Waals surface area (Å²) in [6.07, 6.45) is 23.5. The van der Waals surface area contributed by atoms with Crippen LogP contribution in [0.3, 0.4) is 0 Å². The van der Waals surface area contributed by atoms with Gasteiger partial charge in [0.05, 0.1) is 0 Å². The Morgan fingerprint density at radius 2 is 0.558 bits per heavy atom. The number of aromatic nitrogens is 12. The largest absolute Gasteiger partial charge is 2.00 e. The standard InChI is InChI=1S/2C13H15N6S3.2CHNO.2Zn/c2*1-17-7-4-14-10(17)20-13(21-11-15-5-8-18(11)2)22-12-16-6-9-19(12)3;2*2-1-3;;/h2*4-9H,1-3H3;2*3H;;/q2*-1;;;2*+2/p-2. The van der Waals surface area contributed by atoms with Gasteiger partial charge >= 0.3 is 39.0 Å². The van der Waals surface area contributed by atoms with Crippen LogP contribution in [0.4, 0.5) is 0 Å². The van der Waals surface area contributed by atoms with Crippen LogP contribution in [-0.4, -0.2) is 57.3 Å². The van der Waals surface area contributed by atoms with Gasteiger partial charge in [-0.15, -0.1) is 7.83 Å². The van der Waals surface area contributed by atoms with E-state index in [1.807, 2.05) is 107 Å². The van der Waals surface area contributed by atoms with E-state index >= 15 is 0 Å². The summed E-state index contributed by atoms with van der Waals surface area (Å²) < 4.78 is 14.2. The summed E-state index contributed by atoms with van der Waals surface area (Å²) >= 11 is 9.74. The molecule has 0 aliphatic rings. The van der Waals surface area contributed by atoms with Crippen LogP contribution >= 0.6 is 70.6 Å². The van der Waals surface area contributed by atoms with Gasteiger partial charge in [0.1, 0.15) is 30.9 Å². The maximum Gasteiger partial charge on any atom is 2.00 e. The Labute approximate surface area is 352 Å². The number of nitriles is 2. The van der Waals surface area contributed by atoms with Gasteiger partial charge in [-0.25, -0.2) is 40.4 Å². The third-order valence-corrected chi connectivity index (χ3v) is 13.2. The first-order valence-electron chi connectivity index (χ1n) is 13.8. The fourth-order valence-corrected chi connectivity index (χ4v) is 9.76. The van der Waals surface area contributed by atoms with Gasteiger partial charge in [0.15, 0.2) is 0 Å². The van der Waals surface area contributed by atoms with Gasteiger partial charge in [-0.2, -0.15) is 0 Å². The number of hydrogen-bond donors (Lipinski definition) is 0. The number of nitrogens with zero attached hydrogens (tertiary/aromatic N) is 14. The molecule has 24 heteroatoms. The van der Waals surface area contributed by atoms with Crippen LogP contribution in [0.2, 0.25) is 0 Å². The molecule has 0 fully saturated rings. The van der Waals surface area contributed by atoms with E-state index in [0.717, 1.165) is 38.8 Å². The molecule has 0 unspecified atom stereocenters. The number of imidazole rings is 6. The maximum atomic E-state index is 8.24. The Hall–Kier alpha value is -2.81. The van der Waals surface area contributed by atoms with Gasteiger partial charge in [0, 0.05) is 129 Å². The number of rotatable bonds is 12. The van der Waals surface area contributed by atoms with Gasteiger partial charge in [-0.3, -0.25) is 70.6 Å². The van der Waals surface area contributed by atoms with Crippen LogP contribution in [0.5, 0.6) is 0 Å². The van der Waals surface area contributed by atoms with Gasteiger partial charge < -0.3 is 37.6 Å². The zero-order valence-corrected chi connectivity index (χ0v) is 39.7. The Kier molecular flexibility index (Phi) is 22.9. The SMILES string of the molecule is Cn1ccnc1S[C-](Sc1nccn1C)Sc1nccn1C.Cn1ccnc1S[C-](Sc1nccn1C)Sc1nccn1C.N#C[O-].N#C[O-].[Zn+2].[Zn+2]. The van der Waals surface area contributed by atoms with Gasteiger partial charge in [-0.05, 0) is 0 Å². The molecule has 16 nitrogen and oxygen atoms in total. The Bertz CT molecular complexity index is 1620. The monoisotopic (exact) mass is 914 g/mol. The van der Waals surface area contributed by atoms with Crippen LogP contribution in [0.1, 0.15) is 0 Å². The summed E-state index contributed by atoms with van der Waals surface area (Å²) in [5, 5.41) is 35.7. The topological polar surface area (TPSA) is 201 Å². The minimum atomic E-state index is 0. The van der Waals surface area contributed by atoms with Crippen molar-refractivity contribution in [1.82, 2.24) is 57.3 Å². The van der Waals surface area contributed by atoms with Crippen molar-refractivity contribution in [2.24, 2.45) is 42.3 Å². The summed E-state index contributed by atoms with van der Waals surface area (Å²) in [7, 11) is 11.9. The second-order valence-corrected chi connectivity index (χ2v) is 16.6. The Morgan fingerprint density at radius 1 is 0.423 bits per heavy atom. The molecular weight excluding hydrogens is 888 g/mol. The molecule has 0 amide bonds. The van der Waals surface area contributed by atoms with Crippen molar-refractivity contribution in [3.8, 4) is 12.5 Å². The number of thioether (sulfide) groups is 6. The number of aryl methyl sites for hydroxylation is 6. The molecule has 6 aromatic rings. The van der Waals surface area contributed by atoms with E-state index in [-0.39, 0.29) is 39.0 Å². The molecule has 6 aromatic heterocycles. The van der Waals surface area contributed by atoms with Crippen LogP contribution < -0.4 is 10.2 Å². The molecule has 52 heavy (non-hydrogen) atoms. The van der Waals surface area contributed by atoms with E-state index in [1.165, 1.54) is 0 Å². The molecule has 0 N–H and O–H groups in total. The van der Waals surface area contributed by atoms with Gasteiger partial charge in [0.25, 0.3) is 0 Å². The van der Waals surface area contributed by atoms with E-state index in [9.17, 15) is 0 Å². The van der Waals surface area contributed by atoms with Gasteiger partial charge in [-0.1, -0.05) is 0 Å². The third kappa shape index (κ3) is 15.3. The van der Waals surface area contributed by atoms with Crippen molar-refractivity contribution < 1.29 is 49.2 Å². The summed E-state index contributed by atoms with van der Waals surface area (Å²) in [5.74, 6) is 0. The molecule has 264 valence electrons. The van der Waals surface area contributed by atoms with Crippen LogP contribution in [0.15, 0.2) is 105 Å². The molecular formula is C28H30N14O2S6Zn2. The van der Waals surface area contributed by atoms with Crippen LogP contribution in [0, 0.1) is 30.9 Å². The van der Waals surface area contributed by atoms with Crippen molar-refractivity contribution in [2.45, 2.75) is 30.9 Å². The van der Waals surface area contributed by atoms with E-state index in [4.69, 9.17) is 20.7 Å². The first kappa shape index (κ1) is 47.2. The first-order valence-corrected chi connectivity index (χ1v) is 18.7. The van der Waals surface area contributed by atoms with Crippen molar-refractivity contribution in [3.05, 3.63) is 82.2 Å². The van der Waals surface area contributed by atoms with Gasteiger partial charge in [0.2, 0.25) is 0 Å². The Balaban J connectivity index is 0.000000437.